The highest BCUT2D eigenvalue weighted by Crippen LogP contribution is 2.35. The number of benzene rings is 2. The molecule has 1 aliphatic carbocycles. The van der Waals surface area contributed by atoms with Crippen molar-refractivity contribution in [1.29, 1.82) is 0 Å². The van der Waals surface area contributed by atoms with Gasteiger partial charge in [-0.15, -0.1) is 0 Å². The molecule has 2 aromatic rings. The molecule has 0 saturated heterocycles. The molecule has 0 bridgehead atoms. The lowest BCUT2D eigenvalue weighted by atomic mass is 9.80. The van der Waals surface area contributed by atoms with Gasteiger partial charge in [0, 0.05) is 18.0 Å². The van der Waals surface area contributed by atoms with E-state index in [4.69, 9.17) is 0 Å². The Kier molecular flexibility index (Phi) is 5.27. The van der Waals surface area contributed by atoms with Crippen LogP contribution >= 0.6 is 0 Å². The molecule has 1 aliphatic rings. The normalized spacial score (nSPS) is 19.5. The number of hydrogen-bond acceptors (Lipinski definition) is 2. The Morgan fingerprint density at radius 2 is 1.64 bits per heavy atom. The van der Waals surface area contributed by atoms with Crippen molar-refractivity contribution >= 4 is 11.5 Å². The fourth-order valence-electron chi connectivity index (χ4n) is 3.69. The zero-order chi connectivity index (χ0) is 17.9. The number of anilines is 1. The molecule has 3 rings (SSSR count). The number of ketones is 1. The fraction of sp³-hybridized carbons (Fsp3) is 0.435. The zero-order valence-electron chi connectivity index (χ0n) is 15.6. The molecular formula is C23H29NO. The first-order valence-electron chi connectivity index (χ1n) is 9.40. The molecule has 1 N–H and O–H groups in total. The molecule has 0 aromatic heterocycles. The summed E-state index contributed by atoms with van der Waals surface area (Å²) in [5, 5.41) is 3.65. The highest BCUT2D eigenvalue weighted by Gasteiger charge is 2.31. The Labute approximate surface area is 151 Å². The van der Waals surface area contributed by atoms with Crippen molar-refractivity contribution in [2.75, 3.05) is 5.32 Å². The van der Waals surface area contributed by atoms with Gasteiger partial charge in [0.05, 0.1) is 6.04 Å². The first-order valence-corrected chi connectivity index (χ1v) is 9.40. The number of rotatable bonds is 4. The van der Waals surface area contributed by atoms with E-state index in [0.29, 0.717) is 5.78 Å². The highest BCUT2D eigenvalue weighted by atomic mass is 16.1. The lowest BCUT2D eigenvalue weighted by Gasteiger charge is -2.31. The third-order valence-corrected chi connectivity index (χ3v) is 5.24. The Balaban J connectivity index is 1.86. The molecule has 1 saturated carbocycles. The molecule has 0 amide bonds. The first-order chi connectivity index (χ1) is 11.9. The Morgan fingerprint density at radius 3 is 2.24 bits per heavy atom. The minimum Gasteiger partial charge on any atom is -0.378 e. The van der Waals surface area contributed by atoms with Crippen molar-refractivity contribution in [2.45, 2.75) is 57.9 Å². The second-order valence-corrected chi connectivity index (χ2v) is 8.18. The number of hydrogen-bond donors (Lipinski definition) is 1. The van der Waals surface area contributed by atoms with Crippen LogP contribution < -0.4 is 5.32 Å². The van der Waals surface area contributed by atoms with Crippen molar-refractivity contribution < 1.29 is 4.79 Å². The number of carbonyl (C=O) groups is 1. The van der Waals surface area contributed by atoms with E-state index in [2.05, 4.69) is 74.6 Å². The summed E-state index contributed by atoms with van der Waals surface area (Å²) in [6, 6.07) is 19.1. The summed E-state index contributed by atoms with van der Waals surface area (Å²) < 4.78 is 0. The second-order valence-electron chi connectivity index (χ2n) is 8.18. The summed E-state index contributed by atoms with van der Waals surface area (Å²) in [5.41, 5.74) is 3.75. The average Bonchev–Trinajstić information content (AvgIpc) is 2.61. The maximum absolute atomic E-state index is 12.5. The van der Waals surface area contributed by atoms with Crippen LogP contribution in [0.1, 0.15) is 63.6 Å². The van der Waals surface area contributed by atoms with Gasteiger partial charge >= 0.3 is 0 Å². The lowest BCUT2D eigenvalue weighted by molar-refractivity contribution is -0.125. The third-order valence-electron chi connectivity index (χ3n) is 5.24. The zero-order valence-corrected chi connectivity index (χ0v) is 15.6. The molecule has 2 aromatic carbocycles. The summed E-state index contributed by atoms with van der Waals surface area (Å²) in [4.78, 5) is 12.5. The molecule has 2 atom stereocenters. The molecule has 2 nitrogen and oxygen atoms in total. The van der Waals surface area contributed by atoms with Gasteiger partial charge in [-0.05, 0) is 41.5 Å². The van der Waals surface area contributed by atoms with Gasteiger partial charge in [-0.2, -0.15) is 0 Å². The standard InChI is InChI=1S/C23H29NO/c1-23(2,3)18-13-15-19(16-14-18)24-22(17-9-5-4-6-10-17)20-11-7-8-12-21(20)25/h4-6,9-10,13-16,20,22,24H,7-8,11-12H2,1-3H3/t20-,22+/m1/s1. The average molecular weight is 335 g/mol. The predicted molar refractivity (Wildman–Crippen MR) is 105 cm³/mol. The molecule has 25 heavy (non-hydrogen) atoms. The summed E-state index contributed by atoms with van der Waals surface area (Å²) in [5.74, 6) is 0.470. The summed E-state index contributed by atoms with van der Waals surface area (Å²) in [7, 11) is 0. The van der Waals surface area contributed by atoms with Crippen molar-refractivity contribution in [3.05, 3.63) is 65.7 Å². The summed E-state index contributed by atoms with van der Waals surface area (Å²) >= 11 is 0. The van der Waals surface area contributed by atoms with Crippen LogP contribution in [0.15, 0.2) is 54.6 Å². The van der Waals surface area contributed by atoms with E-state index in [0.717, 1.165) is 31.4 Å². The second kappa shape index (κ2) is 7.43. The Bertz CT molecular complexity index is 697. The van der Waals surface area contributed by atoms with Crippen LogP contribution in [0.25, 0.3) is 0 Å². The van der Waals surface area contributed by atoms with Gasteiger partial charge in [-0.25, -0.2) is 0 Å². The smallest absolute Gasteiger partial charge is 0.138 e. The van der Waals surface area contributed by atoms with E-state index in [1.807, 2.05) is 6.07 Å². The van der Waals surface area contributed by atoms with Crippen LogP contribution in [-0.4, -0.2) is 5.78 Å². The van der Waals surface area contributed by atoms with Gasteiger partial charge in [0.25, 0.3) is 0 Å². The lowest BCUT2D eigenvalue weighted by Crippen LogP contribution is -2.30. The van der Waals surface area contributed by atoms with Crippen LogP contribution in [0.5, 0.6) is 0 Å². The first kappa shape index (κ1) is 17.7. The van der Waals surface area contributed by atoms with E-state index in [9.17, 15) is 4.79 Å². The van der Waals surface area contributed by atoms with Gasteiger partial charge < -0.3 is 5.32 Å². The quantitative estimate of drug-likeness (QED) is 0.754. The van der Waals surface area contributed by atoms with Crippen LogP contribution in [0, 0.1) is 5.92 Å². The molecular weight excluding hydrogens is 306 g/mol. The Morgan fingerprint density at radius 1 is 0.960 bits per heavy atom. The largest absolute Gasteiger partial charge is 0.378 e. The van der Waals surface area contributed by atoms with Crippen LogP contribution in [0.4, 0.5) is 5.69 Å². The number of nitrogens with one attached hydrogen (secondary N) is 1. The predicted octanol–water partition coefficient (Wildman–Crippen LogP) is 5.90. The van der Waals surface area contributed by atoms with Gasteiger partial charge in [-0.3, -0.25) is 4.79 Å². The molecule has 0 heterocycles. The van der Waals surface area contributed by atoms with Crippen molar-refractivity contribution in [3.63, 3.8) is 0 Å². The van der Waals surface area contributed by atoms with Gasteiger partial charge in [0.2, 0.25) is 0 Å². The SMILES string of the molecule is CC(C)(C)c1ccc(N[C@@H](c2ccccc2)[C@@H]2CCCCC2=O)cc1. The number of Topliss-reactive ketones (excluding diaryl/α,β-unsaturated/α-hetero) is 1. The van der Waals surface area contributed by atoms with Crippen LogP contribution in [0.3, 0.4) is 0 Å². The van der Waals surface area contributed by atoms with Gasteiger partial charge in [-0.1, -0.05) is 69.7 Å². The van der Waals surface area contributed by atoms with E-state index in [-0.39, 0.29) is 17.4 Å². The molecule has 0 aliphatic heterocycles. The molecule has 0 unspecified atom stereocenters. The van der Waals surface area contributed by atoms with Crippen LogP contribution in [-0.2, 0) is 10.2 Å². The van der Waals surface area contributed by atoms with E-state index < -0.39 is 0 Å². The maximum atomic E-state index is 12.5. The summed E-state index contributed by atoms with van der Waals surface area (Å²) in [6.45, 7) is 6.68. The molecule has 0 spiro atoms. The highest BCUT2D eigenvalue weighted by molar-refractivity contribution is 5.83. The van der Waals surface area contributed by atoms with Crippen molar-refractivity contribution in [1.82, 2.24) is 0 Å². The molecule has 0 radical (unpaired) electrons. The summed E-state index contributed by atoms with van der Waals surface area (Å²) in [6.07, 6.45) is 3.88. The van der Waals surface area contributed by atoms with Crippen molar-refractivity contribution in [2.24, 2.45) is 5.92 Å². The Hall–Kier alpha value is -2.09. The minimum absolute atomic E-state index is 0.0505. The molecule has 2 heteroatoms. The van der Waals surface area contributed by atoms with E-state index in [1.54, 1.807) is 0 Å². The minimum atomic E-state index is 0.0505. The van der Waals surface area contributed by atoms with Gasteiger partial charge in [0.1, 0.15) is 5.78 Å². The monoisotopic (exact) mass is 335 g/mol. The fourth-order valence-corrected chi connectivity index (χ4v) is 3.69. The van der Waals surface area contributed by atoms with E-state index >= 15 is 0 Å². The van der Waals surface area contributed by atoms with Gasteiger partial charge in [0.15, 0.2) is 0 Å². The molecule has 1 fully saturated rings. The number of carbonyl (C=O) groups excluding carboxylic acids is 1. The molecule has 132 valence electrons. The third kappa shape index (κ3) is 4.31. The maximum Gasteiger partial charge on any atom is 0.138 e. The topological polar surface area (TPSA) is 29.1 Å². The van der Waals surface area contributed by atoms with E-state index in [1.165, 1.54) is 11.1 Å². The van der Waals surface area contributed by atoms with Crippen molar-refractivity contribution in [3.8, 4) is 0 Å². The van der Waals surface area contributed by atoms with Crippen LogP contribution in [0.2, 0.25) is 0 Å².